The number of ether oxygens (including phenoxy) is 1. The van der Waals surface area contributed by atoms with E-state index >= 15 is 0 Å². The van der Waals surface area contributed by atoms with Gasteiger partial charge in [-0.3, -0.25) is 4.79 Å². The second-order valence-electron chi connectivity index (χ2n) is 8.14. The zero-order valence-electron chi connectivity index (χ0n) is 17.1. The minimum atomic E-state index is -3.14. The van der Waals surface area contributed by atoms with Crippen LogP contribution in [0.4, 0.5) is 28.9 Å². The standard InChI is InChI=1S/C20H20F4N4O3S/c1-31-17-13(4-3-12(21)16(17)22)28-10-19(9-20(19,23)24)8-14(28)18(29)27-11-5-6-26-15(7-11)32(2,25)30/h3-7,14,25H,8-10H2,1-2H3,(H,26,27,29). The Labute approximate surface area is 181 Å². The van der Waals surface area contributed by atoms with Gasteiger partial charge in [-0.2, -0.15) is 4.39 Å². The Morgan fingerprint density at radius 1 is 1.34 bits per heavy atom. The van der Waals surface area contributed by atoms with Crippen molar-refractivity contribution >= 4 is 27.0 Å². The van der Waals surface area contributed by atoms with Gasteiger partial charge in [-0.25, -0.2) is 27.1 Å². The Kier molecular flexibility index (Phi) is 5.11. The highest BCUT2D eigenvalue weighted by atomic mass is 32.2. The van der Waals surface area contributed by atoms with Crippen molar-refractivity contribution in [2.75, 3.05) is 30.1 Å². The predicted octanol–water partition coefficient (Wildman–Crippen LogP) is 3.65. The van der Waals surface area contributed by atoms with Crippen molar-refractivity contribution in [1.82, 2.24) is 4.98 Å². The van der Waals surface area contributed by atoms with Crippen LogP contribution in [0.25, 0.3) is 0 Å². The number of nitrogens with zero attached hydrogens (tertiary/aromatic N) is 2. The minimum Gasteiger partial charge on any atom is -0.491 e. The molecule has 0 bridgehead atoms. The molecule has 1 spiro atoms. The largest absolute Gasteiger partial charge is 0.491 e. The lowest BCUT2D eigenvalue weighted by Crippen LogP contribution is -2.40. The molecule has 1 saturated heterocycles. The Hall–Kier alpha value is -2.89. The van der Waals surface area contributed by atoms with Crippen LogP contribution < -0.4 is 15.0 Å². The number of nitrogens with one attached hydrogen (secondary N) is 2. The molecule has 7 nitrogen and oxygen atoms in total. The lowest BCUT2D eigenvalue weighted by Gasteiger charge is -2.27. The zero-order chi connectivity index (χ0) is 23.5. The van der Waals surface area contributed by atoms with Crippen molar-refractivity contribution < 1.29 is 31.3 Å². The fraction of sp³-hybridized carbons (Fsp3) is 0.400. The van der Waals surface area contributed by atoms with E-state index in [1.165, 1.54) is 35.6 Å². The molecule has 2 aromatic rings. The van der Waals surface area contributed by atoms with Crippen LogP contribution in [0.3, 0.4) is 0 Å². The van der Waals surface area contributed by atoms with Crippen LogP contribution in [-0.4, -0.2) is 47.0 Å². The SMILES string of the molecule is COc1c(N2CC3(CC2C(=O)Nc2ccnc(S(C)(=N)=O)c2)CC3(F)F)ccc(F)c1F. The van der Waals surface area contributed by atoms with Gasteiger partial charge >= 0.3 is 0 Å². The van der Waals surface area contributed by atoms with E-state index in [-0.39, 0.29) is 29.4 Å². The van der Waals surface area contributed by atoms with Crippen molar-refractivity contribution in [1.29, 1.82) is 4.78 Å². The molecule has 2 heterocycles. The first kappa shape index (κ1) is 22.3. The molecule has 4 rings (SSSR count). The smallest absolute Gasteiger partial charge is 0.256 e. The van der Waals surface area contributed by atoms with Gasteiger partial charge in [0, 0.05) is 31.1 Å². The van der Waals surface area contributed by atoms with Crippen molar-refractivity contribution in [2.24, 2.45) is 5.41 Å². The first-order chi connectivity index (χ1) is 14.9. The van der Waals surface area contributed by atoms with Crippen LogP contribution in [0.1, 0.15) is 12.8 Å². The summed E-state index contributed by atoms with van der Waals surface area (Å²) in [5.74, 6) is -6.56. The van der Waals surface area contributed by atoms with Crippen LogP contribution in [0, 0.1) is 21.8 Å². The number of hydrogen-bond donors (Lipinski definition) is 2. The van der Waals surface area contributed by atoms with E-state index in [4.69, 9.17) is 9.52 Å². The number of anilines is 2. The normalized spacial score (nSPS) is 25.4. The van der Waals surface area contributed by atoms with Gasteiger partial charge in [0.05, 0.1) is 27.9 Å². The maximum atomic E-state index is 14.3. The zero-order valence-corrected chi connectivity index (χ0v) is 17.9. The van der Waals surface area contributed by atoms with Gasteiger partial charge in [0.2, 0.25) is 11.7 Å². The molecule has 3 atom stereocenters. The Morgan fingerprint density at radius 2 is 2.03 bits per heavy atom. The van der Waals surface area contributed by atoms with E-state index in [9.17, 15) is 26.6 Å². The Balaban J connectivity index is 1.69. The average Bonchev–Trinajstić information content (AvgIpc) is 3.04. The molecular formula is C20H20F4N4O3S. The third-order valence-corrected chi connectivity index (χ3v) is 6.91. The lowest BCUT2D eigenvalue weighted by molar-refractivity contribution is -0.117. The van der Waals surface area contributed by atoms with Crippen molar-refractivity contribution in [3.05, 3.63) is 42.1 Å². The molecule has 0 radical (unpaired) electrons. The van der Waals surface area contributed by atoms with E-state index in [2.05, 4.69) is 10.3 Å². The summed E-state index contributed by atoms with van der Waals surface area (Å²) < 4.78 is 80.8. The van der Waals surface area contributed by atoms with Crippen molar-refractivity contribution in [2.45, 2.75) is 29.8 Å². The molecule has 1 saturated carbocycles. The predicted molar refractivity (Wildman–Crippen MR) is 109 cm³/mol. The monoisotopic (exact) mass is 472 g/mol. The number of alkyl halides is 2. The summed E-state index contributed by atoms with van der Waals surface area (Å²) in [7, 11) is -2.02. The van der Waals surface area contributed by atoms with Crippen molar-refractivity contribution in [3.63, 3.8) is 0 Å². The highest BCUT2D eigenvalue weighted by Crippen LogP contribution is 2.67. The average molecular weight is 472 g/mol. The number of carbonyl (C=O) groups excluding carboxylic acids is 1. The first-order valence-electron chi connectivity index (χ1n) is 9.56. The van der Waals surface area contributed by atoms with Crippen molar-refractivity contribution in [3.8, 4) is 5.75 Å². The maximum Gasteiger partial charge on any atom is 0.256 e. The summed E-state index contributed by atoms with van der Waals surface area (Å²) >= 11 is 0. The molecule has 2 fully saturated rings. The van der Waals surface area contributed by atoms with Crippen LogP contribution in [0.15, 0.2) is 35.5 Å². The molecule has 1 aromatic carbocycles. The maximum absolute atomic E-state index is 14.3. The number of carbonyl (C=O) groups is 1. The highest BCUT2D eigenvalue weighted by Gasteiger charge is 2.75. The molecular weight excluding hydrogens is 452 g/mol. The van der Waals surface area contributed by atoms with Crippen LogP contribution in [0.2, 0.25) is 0 Å². The molecule has 2 aliphatic rings. The second kappa shape index (κ2) is 7.32. The quantitative estimate of drug-likeness (QED) is 0.648. The van der Waals surface area contributed by atoms with E-state index in [0.717, 1.165) is 13.2 Å². The number of methoxy groups -OCH3 is 1. The number of pyridine rings is 1. The van der Waals surface area contributed by atoms with Crippen LogP contribution in [-0.2, 0) is 14.5 Å². The first-order valence-corrected chi connectivity index (χ1v) is 11.5. The fourth-order valence-electron chi connectivity index (χ4n) is 4.11. The summed E-state index contributed by atoms with van der Waals surface area (Å²) in [6, 6.07) is 3.59. The number of hydrogen-bond acceptors (Lipinski definition) is 6. The summed E-state index contributed by atoms with van der Waals surface area (Å²) in [6.45, 7) is -0.239. The highest BCUT2D eigenvalue weighted by molar-refractivity contribution is 7.91. The number of amides is 1. The molecule has 32 heavy (non-hydrogen) atoms. The van der Waals surface area contributed by atoms with Gasteiger partial charge in [-0.1, -0.05) is 0 Å². The number of aromatic nitrogens is 1. The lowest BCUT2D eigenvalue weighted by atomic mass is 10.0. The number of rotatable bonds is 5. The van der Waals surface area contributed by atoms with Gasteiger partial charge in [0.1, 0.15) is 11.1 Å². The molecule has 3 unspecified atom stereocenters. The molecule has 1 aliphatic carbocycles. The molecule has 1 aliphatic heterocycles. The summed E-state index contributed by atoms with van der Waals surface area (Å²) in [6.07, 6.45) is 1.83. The molecule has 12 heteroatoms. The molecule has 172 valence electrons. The number of benzene rings is 1. The van der Waals surface area contributed by atoms with Gasteiger partial charge in [-0.15, -0.1) is 0 Å². The van der Waals surface area contributed by atoms with Gasteiger partial charge < -0.3 is 15.0 Å². The van der Waals surface area contributed by atoms with Crippen LogP contribution >= 0.6 is 0 Å². The topological polar surface area (TPSA) is 95.4 Å². The minimum absolute atomic E-state index is 0.00993. The molecule has 2 N–H and O–H groups in total. The van der Waals surface area contributed by atoms with E-state index in [1.54, 1.807) is 0 Å². The van der Waals surface area contributed by atoms with Gasteiger partial charge in [0.25, 0.3) is 5.92 Å². The van der Waals surface area contributed by atoms with E-state index in [0.29, 0.717) is 0 Å². The van der Waals surface area contributed by atoms with E-state index in [1.807, 2.05) is 0 Å². The summed E-state index contributed by atoms with van der Waals surface area (Å²) in [4.78, 5) is 18.2. The van der Waals surface area contributed by atoms with E-state index < -0.39 is 56.8 Å². The Bertz CT molecular complexity index is 1210. The fourth-order valence-corrected chi connectivity index (χ4v) is 4.72. The summed E-state index contributed by atoms with van der Waals surface area (Å²) in [5, 5.41) is 2.52. The van der Waals surface area contributed by atoms with Crippen LogP contribution in [0.5, 0.6) is 5.75 Å². The number of halogens is 4. The summed E-state index contributed by atoms with van der Waals surface area (Å²) in [5.41, 5.74) is -1.28. The third kappa shape index (κ3) is 3.65. The third-order valence-electron chi connectivity index (χ3n) is 5.89. The molecule has 1 aromatic heterocycles. The van der Waals surface area contributed by atoms with Gasteiger partial charge in [-0.05, 0) is 30.7 Å². The second-order valence-corrected chi connectivity index (χ2v) is 10.2. The molecule has 1 amide bonds. The van der Waals surface area contributed by atoms with Gasteiger partial charge in [0.15, 0.2) is 11.6 Å². The Morgan fingerprint density at radius 3 is 2.62 bits per heavy atom.